The number of hydrogen-bond acceptors (Lipinski definition) is 4. The molecule has 3 heterocycles. The second-order valence-electron chi connectivity index (χ2n) is 4.06. The summed E-state index contributed by atoms with van der Waals surface area (Å²) in [7, 11) is 0. The second-order valence-corrected chi connectivity index (χ2v) is 4.47. The van der Waals surface area contributed by atoms with Gasteiger partial charge in [0.2, 0.25) is 0 Å². The Morgan fingerprint density at radius 3 is 3.19 bits per heavy atom. The van der Waals surface area contributed by atoms with Gasteiger partial charge in [0.1, 0.15) is 0 Å². The molecule has 5 nitrogen and oxygen atoms in total. The van der Waals surface area contributed by atoms with E-state index in [4.69, 9.17) is 17.3 Å². The minimum absolute atomic E-state index is 0.224. The minimum atomic E-state index is 0.224. The summed E-state index contributed by atoms with van der Waals surface area (Å²) in [5.41, 5.74) is 6.61. The summed E-state index contributed by atoms with van der Waals surface area (Å²) < 4.78 is 0. The van der Waals surface area contributed by atoms with Crippen molar-refractivity contribution < 1.29 is 0 Å². The highest BCUT2D eigenvalue weighted by molar-refractivity contribution is 6.36. The summed E-state index contributed by atoms with van der Waals surface area (Å²) in [6.45, 7) is 1.75. The lowest BCUT2D eigenvalue weighted by molar-refractivity contribution is 0.751. The van der Waals surface area contributed by atoms with Gasteiger partial charge in [0.15, 0.2) is 11.5 Å². The van der Waals surface area contributed by atoms with Gasteiger partial charge in [-0.2, -0.15) is 5.10 Å². The van der Waals surface area contributed by atoms with E-state index in [9.17, 15) is 0 Å². The topological polar surface area (TPSA) is 70.8 Å². The molecular weight excluding hydrogens is 226 g/mol. The number of aromatic amines is 1. The Labute approximate surface area is 97.6 Å². The van der Waals surface area contributed by atoms with Gasteiger partial charge >= 0.3 is 0 Å². The zero-order valence-electron chi connectivity index (χ0n) is 8.65. The summed E-state index contributed by atoms with van der Waals surface area (Å²) in [5.74, 6) is 0.862. The summed E-state index contributed by atoms with van der Waals surface area (Å²) >= 11 is 6.16. The van der Waals surface area contributed by atoms with E-state index >= 15 is 0 Å². The van der Waals surface area contributed by atoms with Gasteiger partial charge in [0, 0.05) is 25.3 Å². The largest absolute Gasteiger partial charge is 0.353 e. The smallest absolute Gasteiger partial charge is 0.161 e. The molecule has 3 rings (SSSR count). The van der Waals surface area contributed by atoms with E-state index in [0.717, 1.165) is 36.4 Å². The number of rotatable bonds is 1. The standard InChI is InChI=1S/C10H12ClN5/c11-7-1-3-13-9-8(7)10(15-14-9)16-4-2-6(12)5-16/h1,3,6H,2,4-5,12H2,(H,13,14,15). The normalized spacial score (nSPS) is 20.9. The highest BCUT2D eigenvalue weighted by atomic mass is 35.5. The molecule has 1 aliphatic rings. The highest BCUT2D eigenvalue weighted by Gasteiger charge is 2.24. The van der Waals surface area contributed by atoms with Crippen LogP contribution in [0.2, 0.25) is 5.02 Å². The van der Waals surface area contributed by atoms with Crippen LogP contribution in [-0.4, -0.2) is 34.3 Å². The predicted octanol–water partition coefficient (Wildman–Crippen LogP) is 1.15. The number of pyridine rings is 1. The SMILES string of the molecule is NC1CCN(c2n[nH]c3nccc(Cl)c23)C1. The van der Waals surface area contributed by atoms with Crippen molar-refractivity contribution in [3.63, 3.8) is 0 Å². The maximum atomic E-state index is 6.16. The average molecular weight is 238 g/mol. The Morgan fingerprint density at radius 2 is 2.44 bits per heavy atom. The van der Waals surface area contributed by atoms with Crippen LogP contribution in [0.3, 0.4) is 0 Å². The van der Waals surface area contributed by atoms with Crippen LogP contribution in [0.5, 0.6) is 0 Å². The number of anilines is 1. The average Bonchev–Trinajstić information content (AvgIpc) is 2.84. The molecule has 1 fully saturated rings. The molecule has 0 radical (unpaired) electrons. The number of nitrogens with zero attached hydrogens (tertiary/aromatic N) is 3. The van der Waals surface area contributed by atoms with Gasteiger partial charge in [0.05, 0.1) is 10.4 Å². The first-order valence-corrected chi connectivity index (χ1v) is 5.62. The van der Waals surface area contributed by atoms with Gasteiger partial charge in [-0.3, -0.25) is 5.10 Å². The molecule has 1 atom stereocenters. The molecule has 16 heavy (non-hydrogen) atoms. The van der Waals surface area contributed by atoms with Crippen molar-refractivity contribution >= 4 is 28.5 Å². The van der Waals surface area contributed by atoms with Crippen LogP contribution in [0.4, 0.5) is 5.82 Å². The minimum Gasteiger partial charge on any atom is -0.353 e. The number of hydrogen-bond donors (Lipinski definition) is 2. The zero-order valence-corrected chi connectivity index (χ0v) is 9.41. The molecule has 1 saturated heterocycles. The summed E-state index contributed by atoms with van der Waals surface area (Å²) in [4.78, 5) is 6.34. The van der Waals surface area contributed by atoms with E-state index in [1.165, 1.54) is 0 Å². The predicted molar refractivity (Wildman–Crippen MR) is 63.7 cm³/mol. The fourth-order valence-electron chi connectivity index (χ4n) is 2.11. The quantitative estimate of drug-likeness (QED) is 0.781. The van der Waals surface area contributed by atoms with E-state index in [1.807, 2.05) is 0 Å². The van der Waals surface area contributed by atoms with Gasteiger partial charge in [-0.05, 0) is 12.5 Å². The highest BCUT2D eigenvalue weighted by Crippen LogP contribution is 2.30. The molecule has 0 spiro atoms. The molecule has 2 aromatic heterocycles. The molecule has 1 aliphatic heterocycles. The summed E-state index contributed by atoms with van der Waals surface area (Å²) in [6.07, 6.45) is 2.66. The lowest BCUT2D eigenvalue weighted by Crippen LogP contribution is -2.26. The molecular formula is C10H12ClN5. The van der Waals surface area contributed by atoms with Crippen molar-refractivity contribution in [3.8, 4) is 0 Å². The molecule has 0 saturated carbocycles. The number of halogens is 1. The van der Waals surface area contributed by atoms with Crippen molar-refractivity contribution in [3.05, 3.63) is 17.3 Å². The third kappa shape index (κ3) is 1.44. The number of aromatic nitrogens is 3. The maximum absolute atomic E-state index is 6.16. The van der Waals surface area contributed by atoms with E-state index in [2.05, 4.69) is 20.1 Å². The molecule has 84 valence electrons. The van der Waals surface area contributed by atoms with Crippen LogP contribution in [0.15, 0.2) is 12.3 Å². The van der Waals surface area contributed by atoms with Gasteiger partial charge in [-0.1, -0.05) is 11.6 Å². The molecule has 0 amide bonds. The Hall–Kier alpha value is -1.33. The number of H-pyrrole nitrogens is 1. The van der Waals surface area contributed by atoms with Crippen molar-refractivity contribution in [1.82, 2.24) is 15.2 Å². The monoisotopic (exact) mass is 237 g/mol. The summed E-state index contributed by atoms with van der Waals surface area (Å²) in [5, 5.41) is 8.73. The third-order valence-electron chi connectivity index (χ3n) is 2.92. The van der Waals surface area contributed by atoms with Crippen LogP contribution in [-0.2, 0) is 0 Å². The first kappa shape index (κ1) is 9.86. The van der Waals surface area contributed by atoms with Crippen LogP contribution < -0.4 is 10.6 Å². The van der Waals surface area contributed by atoms with Crippen molar-refractivity contribution in [2.24, 2.45) is 5.73 Å². The van der Waals surface area contributed by atoms with Gasteiger partial charge in [0.25, 0.3) is 0 Å². The van der Waals surface area contributed by atoms with E-state index in [0.29, 0.717) is 5.02 Å². The van der Waals surface area contributed by atoms with Gasteiger partial charge in [-0.25, -0.2) is 4.98 Å². The number of nitrogens with two attached hydrogens (primary N) is 1. The van der Waals surface area contributed by atoms with Gasteiger partial charge < -0.3 is 10.6 Å². The lowest BCUT2D eigenvalue weighted by Gasteiger charge is -2.14. The molecule has 1 unspecified atom stereocenters. The molecule has 0 aromatic carbocycles. The number of fused-ring (bicyclic) bond motifs is 1. The van der Waals surface area contributed by atoms with Crippen molar-refractivity contribution in [1.29, 1.82) is 0 Å². The fraction of sp³-hybridized carbons (Fsp3) is 0.400. The van der Waals surface area contributed by atoms with Gasteiger partial charge in [-0.15, -0.1) is 0 Å². The Balaban J connectivity index is 2.10. The van der Waals surface area contributed by atoms with Crippen LogP contribution >= 0.6 is 11.6 Å². The zero-order chi connectivity index (χ0) is 11.1. The third-order valence-corrected chi connectivity index (χ3v) is 3.23. The second kappa shape index (κ2) is 3.61. The molecule has 0 bridgehead atoms. The summed E-state index contributed by atoms with van der Waals surface area (Å²) in [6, 6.07) is 2.00. The van der Waals surface area contributed by atoms with E-state index in [1.54, 1.807) is 12.3 Å². The molecule has 0 aliphatic carbocycles. The first-order chi connectivity index (χ1) is 7.75. The van der Waals surface area contributed by atoms with E-state index in [-0.39, 0.29) is 6.04 Å². The molecule has 2 aromatic rings. The van der Waals surface area contributed by atoms with Crippen molar-refractivity contribution in [2.75, 3.05) is 18.0 Å². The van der Waals surface area contributed by atoms with Crippen LogP contribution in [0.25, 0.3) is 11.0 Å². The van der Waals surface area contributed by atoms with E-state index < -0.39 is 0 Å². The molecule has 6 heteroatoms. The Kier molecular flexibility index (Phi) is 2.22. The lowest BCUT2D eigenvalue weighted by atomic mass is 10.3. The number of nitrogens with one attached hydrogen (secondary N) is 1. The maximum Gasteiger partial charge on any atom is 0.161 e. The Morgan fingerprint density at radius 1 is 1.56 bits per heavy atom. The van der Waals surface area contributed by atoms with Crippen LogP contribution in [0, 0.1) is 0 Å². The first-order valence-electron chi connectivity index (χ1n) is 5.25. The molecule has 3 N–H and O–H groups in total. The van der Waals surface area contributed by atoms with Crippen molar-refractivity contribution in [2.45, 2.75) is 12.5 Å². The van der Waals surface area contributed by atoms with Crippen LogP contribution in [0.1, 0.15) is 6.42 Å². The fourth-order valence-corrected chi connectivity index (χ4v) is 2.34. The Bertz CT molecular complexity index is 523.